The second-order valence-electron chi connectivity index (χ2n) is 3.30. The number of hydrogen-bond donors (Lipinski definition) is 3. The summed E-state index contributed by atoms with van der Waals surface area (Å²) in [7, 11) is 0. The molecule has 1 aliphatic rings. The maximum Gasteiger partial charge on any atom is 0.255 e. The number of nitrogens with zero attached hydrogens (tertiary/aromatic N) is 1. The van der Waals surface area contributed by atoms with Crippen LogP contribution in [0.2, 0.25) is 0 Å². The summed E-state index contributed by atoms with van der Waals surface area (Å²) in [5.74, 6) is -0.789. The van der Waals surface area contributed by atoms with Gasteiger partial charge >= 0.3 is 0 Å². The van der Waals surface area contributed by atoms with Crippen LogP contribution >= 0.6 is 25.3 Å². The monoisotopic (exact) mass is 247 g/mol. The highest BCUT2D eigenvalue weighted by Crippen LogP contribution is 2.33. The summed E-state index contributed by atoms with van der Waals surface area (Å²) in [6.07, 6.45) is 4.11. The third-order valence-electron chi connectivity index (χ3n) is 2.09. The van der Waals surface area contributed by atoms with Gasteiger partial charge in [0.2, 0.25) is 0 Å². The van der Waals surface area contributed by atoms with Crippen molar-refractivity contribution in [2.45, 2.75) is 23.5 Å². The average Bonchev–Trinajstić information content (AvgIpc) is 2.46. The molecule has 0 unspecified atom stereocenters. The normalized spacial score (nSPS) is 16.6. The number of hydrogen-bond acceptors (Lipinski definition) is 5. The fraction of sp³-hybridized carbons (Fsp3) is 0.556. The van der Waals surface area contributed by atoms with Gasteiger partial charge in [-0.05, 0) is 19.3 Å². The van der Waals surface area contributed by atoms with E-state index in [0.717, 1.165) is 4.90 Å². The Bertz CT molecular complexity index is 284. The van der Waals surface area contributed by atoms with Gasteiger partial charge in [0.05, 0.1) is 0 Å². The third kappa shape index (κ3) is 2.99. The van der Waals surface area contributed by atoms with E-state index in [-0.39, 0.29) is 6.61 Å². The van der Waals surface area contributed by atoms with Crippen molar-refractivity contribution >= 4 is 37.1 Å². The molecule has 4 nitrogen and oxygen atoms in total. The molecule has 2 amide bonds. The Balaban J connectivity index is 2.60. The van der Waals surface area contributed by atoms with Crippen LogP contribution in [-0.4, -0.2) is 32.6 Å². The predicted octanol–water partition coefficient (Wildman–Crippen LogP) is 0.587. The quantitative estimate of drug-likeness (QED) is 0.288. The first-order valence-corrected chi connectivity index (χ1v) is 5.50. The van der Waals surface area contributed by atoms with E-state index in [2.05, 4.69) is 25.3 Å². The summed E-state index contributed by atoms with van der Waals surface area (Å²) in [5.41, 5.74) is 0. The van der Waals surface area contributed by atoms with Crippen molar-refractivity contribution in [1.29, 1.82) is 0 Å². The van der Waals surface area contributed by atoms with Crippen LogP contribution in [0.3, 0.4) is 0 Å². The largest absolute Gasteiger partial charge is 0.396 e. The zero-order valence-corrected chi connectivity index (χ0v) is 9.88. The van der Waals surface area contributed by atoms with Crippen molar-refractivity contribution in [2.75, 3.05) is 6.61 Å². The Morgan fingerprint density at radius 3 is 2.20 bits per heavy atom. The van der Waals surface area contributed by atoms with Crippen LogP contribution in [0.4, 0.5) is 0 Å². The third-order valence-corrected chi connectivity index (χ3v) is 2.93. The Kier molecular flexibility index (Phi) is 4.24. The van der Waals surface area contributed by atoms with E-state index < -0.39 is 16.0 Å². The molecule has 0 saturated heterocycles. The zero-order chi connectivity index (χ0) is 11.5. The van der Waals surface area contributed by atoms with E-state index in [9.17, 15) is 9.59 Å². The van der Waals surface area contributed by atoms with Gasteiger partial charge in [0.15, 0.2) is 0 Å². The minimum Gasteiger partial charge on any atom is -0.396 e. The van der Waals surface area contributed by atoms with Crippen LogP contribution in [0.1, 0.15) is 19.3 Å². The van der Waals surface area contributed by atoms with E-state index in [4.69, 9.17) is 5.11 Å². The summed E-state index contributed by atoms with van der Waals surface area (Å²) in [5, 5.41) is 8.62. The molecule has 0 saturated carbocycles. The zero-order valence-electron chi connectivity index (χ0n) is 8.09. The predicted molar refractivity (Wildman–Crippen MR) is 62.6 cm³/mol. The smallest absolute Gasteiger partial charge is 0.255 e. The molecule has 0 aliphatic carbocycles. The number of imide groups is 1. The minimum atomic E-state index is -1.08. The highest BCUT2D eigenvalue weighted by atomic mass is 32.2. The van der Waals surface area contributed by atoms with Crippen molar-refractivity contribution in [3.8, 4) is 0 Å². The van der Waals surface area contributed by atoms with Crippen LogP contribution in [0, 0.1) is 0 Å². The summed E-state index contributed by atoms with van der Waals surface area (Å²) < 4.78 is -1.08. The lowest BCUT2D eigenvalue weighted by atomic mass is 10.2. The molecule has 0 spiro atoms. The van der Waals surface area contributed by atoms with E-state index in [0.29, 0.717) is 19.3 Å². The van der Waals surface area contributed by atoms with Crippen molar-refractivity contribution in [1.82, 2.24) is 4.90 Å². The molecular formula is C9H13NO3S2. The first-order chi connectivity index (χ1) is 6.99. The highest BCUT2D eigenvalue weighted by Gasteiger charge is 2.38. The van der Waals surface area contributed by atoms with Gasteiger partial charge < -0.3 is 5.11 Å². The number of aliphatic hydroxyl groups is 1. The number of thiol groups is 2. The first kappa shape index (κ1) is 12.6. The number of amides is 2. The van der Waals surface area contributed by atoms with Gasteiger partial charge in [-0.2, -0.15) is 0 Å². The van der Waals surface area contributed by atoms with Gasteiger partial charge in [-0.15, -0.1) is 25.3 Å². The molecule has 0 atom stereocenters. The van der Waals surface area contributed by atoms with Crippen LogP contribution < -0.4 is 0 Å². The summed E-state index contributed by atoms with van der Waals surface area (Å²) in [4.78, 5) is 23.7. The molecule has 1 N–H and O–H groups in total. The lowest BCUT2D eigenvalue weighted by Crippen LogP contribution is -2.44. The molecule has 15 heavy (non-hydrogen) atoms. The number of unbranched alkanes of at least 4 members (excludes halogenated alkanes) is 1. The standard InChI is InChI=1S/C9H13NO3S2/c11-6-2-1-5-9(14,15)10-7(12)3-4-8(10)13/h3-4,11,14-15H,1-2,5-6H2. The lowest BCUT2D eigenvalue weighted by molar-refractivity contribution is -0.138. The summed E-state index contributed by atoms with van der Waals surface area (Å²) >= 11 is 8.40. The molecule has 1 heterocycles. The molecule has 0 aromatic rings. The summed E-state index contributed by atoms with van der Waals surface area (Å²) in [6.45, 7) is 0.0811. The maximum absolute atomic E-state index is 11.3. The van der Waals surface area contributed by atoms with Crippen LogP contribution in [0.25, 0.3) is 0 Å². The topological polar surface area (TPSA) is 57.6 Å². The fourth-order valence-electron chi connectivity index (χ4n) is 1.34. The van der Waals surface area contributed by atoms with Crippen molar-refractivity contribution in [2.24, 2.45) is 0 Å². The second-order valence-corrected chi connectivity index (χ2v) is 5.13. The second kappa shape index (κ2) is 5.05. The minimum absolute atomic E-state index is 0.0811. The molecule has 6 heteroatoms. The average molecular weight is 247 g/mol. The number of rotatable bonds is 5. The van der Waals surface area contributed by atoms with Gasteiger partial charge in [-0.25, -0.2) is 0 Å². The molecule has 0 aromatic heterocycles. The molecule has 1 aliphatic heterocycles. The van der Waals surface area contributed by atoms with Crippen molar-refractivity contribution < 1.29 is 14.7 Å². The van der Waals surface area contributed by atoms with Crippen LogP contribution in [0.15, 0.2) is 12.2 Å². The molecule has 0 fully saturated rings. The number of aliphatic hydroxyl groups excluding tert-OH is 1. The molecule has 0 bridgehead atoms. The Morgan fingerprint density at radius 2 is 1.73 bits per heavy atom. The Morgan fingerprint density at radius 1 is 1.20 bits per heavy atom. The lowest BCUT2D eigenvalue weighted by Gasteiger charge is -2.31. The fourth-order valence-corrected chi connectivity index (χ4v) is 2.05. The molecule has 1 rings (SSSR count). The van der Waals surface area contributed by atoms with E-state index >= 15 is 0 Å². The Hall–Kier alpha value is -0.460. The number of carbonyl (C=O) groups is 2. The van der Waals surface area contributed by atoms with Gasteiger partial charge in [-0.1, -0.05) is 0 Å². The van der Waals surface area contributed by atoms with E-state index in [1.807, 2.05) is 0 Å². The molecule has 0 radical (unpaired) electrons. The van der Waals surface area contributed by atoms with Gasteiger partial charge in [0.1, 0.15) is 4.20 Å². The molecule has 0 aromatic carbocycles. The highest BCUT2D eigenvalue weighted by molar-refractivity contribution is 8.00. The van der Waals surface area contributed by atoms with Crippen LogP contribution in [-0.2, 0) is 9.59 Å². The SMILES string of the molecule is O=C1C=CC(=O)N1C(S)(S)CCCCO. The van der Waals surface area contributed by atoms with Crippen molar-refractivity contribution in [3.05, 3.63) is 12.2 Å². The van der Waals surface area contributed by atoms with Gasteiger partial charge in [0.25, 0.3) is 11.8 Å². The van der Waals surface area contributed by atoms with E-state index in [1.165, 1.54) is 12.2 Å². The van der Waals surface area contributed by atoms with Crippen LogP contribution in [0.5, 0.6) is 0 Å². The molecular weight excluding hydrogens is 234 g/mol. The number of carbonyl (C=O) groups excluding carboxylic acids is 2. The first-order valence-electron chi connectivity index (χ1n) is 4.61. The van der Waals surface area contributed by atoms with Gasteiger partial charge in [-0.3, -0.25) is 14.5 Å². The Labute approximate surface area is 99.2 Å². The molecule has 84 valence electrons. The summed E-state index contributed by atoms with van der Waals surface area (Å²) in [6, 6.07) is 0. The van der Waals surface area contributed by atoms with E-state index in [1.54, 1.807) is 0 Å². The van der Waals surface area contributed by atoms with Crippen molar-refractivity contribution in [3.63, 3.8) is 0 Å². The van der Waals surface area contributed by atoms with Gasteiger partial charge in [0, 0.05) is 18.8 Å². The maximum atomic E-state index is 11.3.